The second kappa shape index (κ2) is 9.98. The van der Waals surface area contributed by atoms with Gasteiger partial charge in [-0.05, 0) is 76.0 Å². The largest absolute Gasteiger partial charge is 0.350 e. The molecule has 2 aliphatic rings. The number of benzene rings is 1. The third kappa shape index (κ3) is 5.86. The summed E-state index contributed by atoms with van der Waals surface area (Å²) in [7, 11) is 0. The van der Waals surface area contributed by atoms with E-state index in [1.807, 2.05) is 37.8 Å². The summed E-state index contributed by atoms with van der Waals surface area (Å²) in [5.41, 5.74) is 1.69. The van der Waals surface area contributed by atoms with Crippen molar-refractivity contribution >= 4 is 11.8 Å². The van der Waals surface area contributed by atoms with E-state index in [0.717, 1.165) is 12.8 Å². The molecule has 4 nitrogen and oxygen atoms in total. The number of nitrogens with one attached hydrogen (secondary N) is 1. The van der Waals surface area contributed by atoms with Crippen molar-refractivity contribution in [1.82, 2.24) is 10.2 Å². The average Bonchev–Trinajstić information content (AvgIpc) is 2.72. The van der Waals surface area contributed by atoms with Gasteiger partial charge in [-0.2, -0.15) is 0 Å². The first-order chi connectivity index (χ1) is 14.3. The number of nitrogens with zero attached hydrogens (tertiary/aromatic N) is 1. The van der Waals surface area contributed by atoms with Gasteiger partial charge in [0.15, 0.2) is 0 Å². The van der Waals surface area contributed by atoms with Crippen LogP contribution in [0.1, 0.15) is 95.0 Å². The molecule has 2 amide bonds. The Balaban J connectivity index is 1.76. The van der Waals surface area contributed by atoms with Crippen molar-refractivity contribution in [3.63, 3.8) is 0 Å². The summed E-state index contributed by atoms with van der Waals surface area (Å²) in [5, 5.41) is 3.13. The maximum absolute atomic E-state index is 13.5. The molecule has 1 N–H and O–H groups in total. The van der Waals surface area contributed by atoms with Crippen LogP contribution >= 0.6 is 0 Å². The zero-order valence-electron chi connectivity index (χ0n) is 19.4. The van der Waals surface area contributed by atoms with Gasteiger partial charge in [0, 0.05) is 17.6 Å². The fourth-order valence-corrected chi connectivity index (χ4v) is 5.11. The van der Waals surface area contributed by atoms with Gasteiger partial charge in [0.25, 0.3) is 5.91 Å². The molecule has 166 valence electrons. The van der Waals surface area contributed by atoms with Crippen LogP contribution in [0.4, 0.5) is 0 Å². The van der Waals surface area contributed by atoms with E-state index in [1.54, 1.807) is 0 Å². The predicted molar refractivity (Wildman–Crippen MR) is 122 cm³/mol. The molecule has 0 radical (unpaired) electrons. The molecule has 1 heterocycles. The second-order valence-corrected chi connectivity index (χ2v) is 10.4. The van der Waals surface area contributed by atoms with E-state index in [4.69, 9.17) is 0 Å². The highest BCUT2D eigenvalue weighted by molar-refractivity contribution is 5.97. The van der Waals surface area contributed by atoms with Gasteiger partial charge >= 0.3 is 0 Å². The van der Waals surface area contributed by atoms with Crippen LogP contribution in [0.3, 0.4) is 0 Å². The van der Waals surface area contributed by atoms with E-state index < -0.39 is 0 Å². The molecule has 0 aromatic heterocycles. The summed E-state index contributed by atoms with van der Waals surface area (Å²) < 4.78 is 0. The zero-order valence-corrected chi connectivity index (χ0v) is 19.4. The lowest BCUT2D eigenvalue weighted by Gasteiger charge is -2.46. The number of rotatable bonds is 6. The monoisotopic (exact) mass is 412 g/mol. The summed E-state index contributed by atoms with van der Waals surface area (Å²) in [6.45, 7) is 8.93. The number of aryl methyl sites for hydroxylation is 1. The minimum atomic E-state index is -0.361. The maximum Gasteiger partial charge on any atom is 0.254 e. The smallest absolute Gasteiger partial charge is 0.254 e. The second-order valence-electron chi connectivity index (χ2n) is 10.4. The Morgan fingerprint density at radius 1 is 1.03 bits per heavy atom. The van der Waals surface area contributed by atoms with Crippen LogP contribution in [0.5, 0.6) is 0 Å². The molecule has 2 fully saturated rings. The first kappa shape index (κ1) is 22.8. The number of fused-ring (bicyclic) bond motifs is 1. The summed E-state index contributed by atoms with van der Waals surface area (Å²) in [5.74, 6) is 1.11. The number of carbonyl (C=O) groups excluding carboxylic acids is 2. The lowest BCUT2D eigenvalue weighted by molar-refractivity contribution is -0.130. The van der Waals surface area contributed by atoms with Crippen molar-refractivity contribution in [2.24, 2.45) is 11.8 Å². The lowest BCUT2D eigenvalue weighted by atomic mass is 9.72. The minimum absolute atomic E-state index is 0.00365. The van der Waals surface area contributed by atoms with Crippen LogP contribution in [0.25, 0.3) is 0 Å². The van der Waals surface area contributed by atoms with Gasteiger partial charge in [0.05, 0.1) is 0 Å². The van der Waals surface area contributed by atoms with Crippen molar-refractivity contribution in [2.45, 2.75) is 97.1 Å². The van der Waals surface area contributed by atoms with Gasteiger partial charge in [0.2, 0.25) is 5.91 Å². The molecule has 3 rings (SSSR count). The highest BCUT2D eigenvalue weighted by Crippen LogP contribution is 2.39. The molecular weight excluding hydrogens is 372 g/mol. The molecule has 0 spiro atoms. The van der Waals surface area contributed by atoms with E-state index in [1.165, 1.54) is 50.5 Å². The third-order valence-electron chi connectivity index (χ3n) is 6.73. The normalized spacial score (nSPS) is 24.3. The zero-order chi connectivity index (χ0) is 21.7. The van der Waals surface area contributed by atoms with Crippen LogP contribution < -0.4 is 5.32 Å². The number of amides is 2. The molecule has 4 heteroatoms. The highest BCUT2D eigenvalue weighted by Gasteiger charge is 2.42. The van der Waals surface area contributed by atoms with E-state index in [9.17, 15) is 9.59 Å². The van der Waals surface area contributed by atoms with Crippen molar-refractivity contribution in [3.8, 4) is 0 Å². The van der Waals surface area contributed by atoms with E-state index in [0.29, 0.717) is 23.9 Å². The van der Waals surface area contributed by atoms with E-state index in [-0.39, 0.29) is 23.4 Å². The third-order valence-corrected chi connectivity index (χ3v) is 6.73. The van der Waals surface area contributed by atoms with Crippen LogP contribution in [0, 0.1) is 11.8 Å². The molecule has 30 heavy (non-hydrogen) atoms. The van der Waals surface area contributed by atoms with E-state index in [2.05, 4.69) is 24.4 Å². The van der Waals surface area contributed by atoms with Crippen molar-refractivity contribution in [2.75, 3.05) is 6.54 Å². The summed E-state index contributed by atoms with van der Waals surface area (Å²) >= 11 is 0. The average molecular weight is 413 g/mol. The quantitative estimate of drug-likeness (QED) is 0.640. The Morgan fingerprint density at radius 3 is 2.33 bits per heavy atom. The molecule has 1 aromatic carbocycles. The minimum Gasteiger partial charge on any atom is -0.350 e. The first-order valence-electron chi connectivity index (χ1n) is 12.0. The van der Waals surface area contributed by atoms with Gasteiger partial charge in [-0.25, -0.2) is 0 Å². The fourth-order valence-electron chi connectivity index (χ4n) is 5.11. The molecule has 3 atom stereocenters. The number of carbonyl (C=O) groups is 2. The first-order valence-corrected chi connectivity index (χ1v) is 12.0. The van der Waals surface area contributed by atoms with Crippen molar-refractivity contribution in [3.05, 3.63) is 35.4 Å². The Hall–Kier alpha value is -1.84. The Bertz CT molecular complexity index is 720. The maximum atomic E-state index is 13.5. The standard InChI is InChI=1S/C26H40N2O2/c1-5-6-7-10-19-13-15-20(16-14-19)25(30)28-18-22-12-9-8-11-21(22)17-23(28)24(29)27-26(2,3)4/h13-16,21-23H,5-12,17-18H2,1-4H3,(H,27,29)/t21-,22-,23-/m0/s1. The predicted octanol–water partition coefficient (Wildman–Crippen LogP) is 5.35. The van der Waals surface area contributed by atoms with Gasteiger partial charge in [-0.3, -0.25) is 9.59 Å². The Morgan fingerprint density at radius 2 is 1.70 bits per heavy atom. The molecule has 1 saturated heterocycles. The van der Waals surface area contributed by atoms with Gasteiger partial charge in [-0.15, -0.1) is 0 Å². The van der Waals surface area contributed by atoms with Gasteiger partial charge in [-0.1, -0.05) is 51.2 Å². The number of hydrogen-bond donors (Lipinski definition) is 1. The molecule has 0 unspecified atom stereocenters. The van der Waals surface area contributed by atoms with Crippen molar-refractivity contribution in [1.29, 1.82) is 0 Å². The molecular formula is C26H40N2O2. The van der Waals surface area contributed by atoms with Crippen LogP contribution in [-0.2, 0) is 11.2 Å². The summed E-state index contributed by atoms with van der Waals surface area (Å²) in [6.07, 6.45) is 10.4. The number of unbranched alkanes of at least 4 members (excludes halogenated alkanes) is 2. The summed E-state index contributed by atoms with van der Waals surface area (Å²) in [6, 6.07) is 7.71. The molecule has 1 aliphatic carbocycles. The molecule has 0 bridgehead atoms. The van der Waals surface area contributed by atoms with Crippen molar-refractivity contribution < 1.29 is 9.59 Å². The Kier molecular flexibility index (Phi) is 7.60. The molecule has 1 aliphatic heterocycles. The summed E-state index contributed by atoms with van der Waals surface area (Å²) in [4.78, 5) is 28.5. The fraction of sp³-hybridized carbons (Fsp3) is 0.692. The van der Waals surface area contributed by atoms with Gasteiger partial charge in [0.1, 0.15) is 6.04 Å². The number of likely N-dealkylation sites (tertiary alicyclic amines) is 1. The highest BCUT2D eigenvalue weighted by atomic mass is 16.2. The Labute approximate surface area is 182 Å². The van der Waals surface area contributed by atoms with Crippen LogP contribution in [0.15, 0.2) is 24.3 Å². The van der Waals surface area contributed by atoms with Gasteiger partial charge < -0.3 is 10.2 Å². The molecule has 1 saturated carbocycles. The lowest BCUT2D eigenvalue weighted by Crippen LogP contribution is -2.59. The van der Waals surface area contributed by atoms with Crippen LogP contribution in [0.2, 0.25) is 0 Å². The van der Waals surface area contributed by atoms with Crippen LogP contribution in [-0.4, -0.2) is 34.8 Å². The number of piperidine rings is 1. The number of hydrogen-bond acceptors (Lipinski definition) is 2. The molecule has 1 aromatic rings. The topological polar surface area (TPSA) is 49.4 Å². The van der Waals surface area contributed by atoms with E-state index >= 15 is 0 Å². The SMILES string of the molecule is CCCCCc1ccc(C(=O)N2C[C@@H]3CCCC[C@H]3C[C@H]2C(=O)NC(C)(C)C)cc1.